The van der Waals surface area contributed by atoms with E-state index in [0.717, 1.165) is 70.0 Å². The van der Waals surface area contributed by atoms with Crippen molar-refractivity contribution in [2.24, 2.45) is 21.1 Å². The van der Waals surface area contributed by atoms with Gasteiger partial charge in [0.2, 0.25) is 5.89 Å². The van der Waals surface area contributed by atoms with E-state index >= 15 is 0 Å². The van der Waals surface area contributed by atoms with Crippen molar-refractivity contribution >= 4 is 43.8 Å². The minimum atomic E-state index is -0.586. The van der Waals surface area contributed by atoms with Crippen LogP contribution in [0.5, 0.6) is 0 Å². The molecule has 0 aliphatic heterocycles. The summed E-state index contributed by atoms with van der Waals surface area (Å²) >= 11 is 3.46. The number of carbonyl (C=O) groups excluding carboxylic acids is 1. The number of aromatic nitrogens is 7. The third-order valence-electron chi connectivity index (χ3n) is 9.90. The number of fused-ring (bicyclic) bond motifs is 2. The molecule has 1 amide bonds. The van der Waals surface area contributed by atoms with E-state index < -0.39 is 11.3 Å². The standard InChI is InChI=1S/C34H33BrN8O3/c1-41-25-15-20(9-11-23(25)27(19-7-4-5-8-19)28(41)29-36-17-22(35)18-37-29)30(44)39-34(13-6-14-34)32-38-24-12-10-21(16-26(24)42(32)2)31-40-43(3)33(45)46-31/h9-12,15-19H,4-8,13-14H2,1-3H3,(H,39,44). The van der Waals surface area contributed by atoms with Crippen LogP contribution in [-0.4, -0.2) is 39.8 Å². The van der Waals surface area contributed by atoms with E-state index in [1.54, 1.807) is 19.4 Å². The normalized spacial score (nSPS) is 16.3. The van der Waals surface area contributed by atoms with Gasteiger partial charge in [0.25, 0.3) is 5.91 Å². The second-order valence-electron chi connectivity index (χ2n) is 12.6. The molecule has 2 saturated carbocycles. The molecular weight excluding hydrogens is 648 g/mol. The van der Waals surface area contributed by atoms with Gasteiger partial charge in [0.15, 0.2) is 5.82 Å². The van der Waals surface area contributed by atoms with Crippen molar-refractivity contribution in [2.45, 2.75) is 56.4 Å². The highest BCUT2D eigenvalue weighted by Gasteiger charge is 2.44. The van der Waals surface area contributed by atoms with Crippen LogP contribution in [0.4, 0.5) is 0 Å². The molecule has 11 nitrogen and oxygen atoms in total. The molecule has 12 heteroatoms. The summed E-state index contributed by atoms with van der Waals surface area (Å²) in [5, 5.41) is 8.73. The summed E-state index contributed by atoms with van der Waals surface area (Å²) in [7, 11) is 5.56. The minimum Gasteiger partial charge on any atom is -0.388 e. The molecule has 4 aromatic heterocycles. The molecule has 2 fully saturated rings. The number of aryl methyl sites for hydroxylation is 3. The number of carbonyl (C=O) groups is 1. The van der Waals surface area contributed by atoms with E-state index in [9.17, 15) is 9.59 Å². The Labute approximate surface area is 272 Å². The summed E-state index contributed by atoms with van der Waals surface area (Å²) < 4.78 is 11.5. The third kappa shape index (κ3) is 4.52. The van der Waals surface area contributed by atoms with Gasteiger partial charge in [-0.05, 0) is 89.8 Å². The lowest BCUT2D eigenvalue weighted by Gasteiger charge is -2.41. The summed E-state index contributed by atoms with van der Waals surface area (Å²) in [5.74, 6) is 1.55. The monoisotopic (exact) mass is 680 g/mol. The maximum Gasteiger partial charge on any atom is 0.437 e. The van der Waals surface area contributed by atoms with Gasteiger partial charge in [-0.1, -0.05) is 18.9 Å². The van der Waals surface area contributed by atoms with Crippen LogP contribution in [0.25, 0.3) is 44.9 Å². The molecule has 0 atom stereocenters. The van der Waals surface area contributed by atoms with Gasteiger partial charge in [-0.2, -0.15) is 4.68 Å². The first-order chi connectivity index (χ1) is 22.2. The Kier molecular flexibility index (Phi) is 6.75. The Bertz CT molecular complexity index is 2220. The van der Waals surface area contributed by atoms with Crippen LogP contribution in [0, 0.1) is 0 Å². The Morgan fingerprint density at radius 1 is 0.978 bits per heavy atom. The number of imidazole rings is 1. The molecule has 6 aromatic rings. The summed E-state index contributed by atoms with van der Waals surface area (Å²) in [4.78, 5) is 40.2. The summed E-state index contributed by atoms with van der Waals surface area (Å²) in [6.45, 7) is 0. The lowest BCUT2D eigenvalue weighted by atomic mass is 9.75. The number of hydrogen-bond acceptors (Lipinski definition) is 7. The molecule has 1 N–H and O–H groups in total. The van der Waals surface area contributed by atoms with Crippen molar-refractivity contribution in [3.05, 3.63) is 80.8 Å². The zero-order valence-corrected chi connectivity index (χ0v) is 27.5. The first kappa shape index (κ1) is 28.9. The van der Waals surface area contributed by atoms with Crippen molar-refractivity contribution in [1.29, 1.82) is 0 Å². The van der Waals surface area contributed by atoms with E-state index in [-0.39, 0.29) is 11.8 Å². The van der Waals surface area contributed by atoms with Crippen LogP contribution in [0.2, 0.25) is 0 Å². The lowest BCUT2D eigenvalue weighted by Crippen LogP contribution is -2.52. The van der Waals surface area contributed by atoms with Crippen LogP contribution in [0.3, 0.4) is 0 Å². The molecule has 4 heterocycles. The number of benzene rings is 2. The fourth-order valence-corrected chi connectivity index (χ4v) is 7.58. The van der Waals surface area contributed by atoms with Crippen LogP contribution >= 0.6 is 15.9 Å². The number of hydrogen-bond donors (Lipinski definition) is 1. The molecule has 2 aliphatic rings. The lowest BCUT2D eigenvalue weighted by molar-refractivity contribution is 0.0805. The Morgan fingerprint density at radius 3 is 2.41 bits per heavy atom. The average molecular weight is 682 g/mol. The zero-order valence-electron chi connectivity index (χ0n) is 25.9. The molecule has 0 spiro atoms. The molecule has 0 unspecified atom stereocenters. The van der Waals surface area contributed by atoms with E-state index in [2.05, 4.69) is 46.9 Å². The average Bonchev–Trinajstić information content (AvgIpc) is 3.82. The Hall–Kier alpha value is -4.58. The third-order valence-corrected chi connectivity index (χ3v) is 10.3. The quantitative estimate of drug-likeness (QED) is 0.225. The Balaban J connectivity index is 1.15. The molecule has 8 rings (SSSR count). The molecule has 2 aromatic carbocycles. The molecule has 0 bridgehead atoms. The van der Waals surface area contributed by atoms with Gasteiger partial charge in [-0.15, -0.1) is 5.10 Å². The topological polar surface area (TPSA) is 126 Å². The van der Waals surface area contributed by atoms with E-state index in [1.807, 2.05) is 49.0 Å². The fourth-order valence-electron chi connectivity index (χ4n) is 7.38. The maximum absolute atomic E-state index is 14.0. The van der Waals surface area contributed by atoms with Gasteiger partial charge in [0, 0.05) is 55.6 Å². The summed E-state index contributed by atoms with van der Waals surface area (Å²) in [6, 6.07) is 11.7. The van der Waals surface area contributed by atoms with Gasteiger partial charge in [-0.3, -0.25) is 4.79 Å². The first-order valence-electron chi connectivity index (χ1n) is 15.7. The van der Waals surface area contributed by atoms with E-state index in [4.69, 9.17) is 9.40 Å². The van der Waals surface area contributed by atoms with Crippen molar-refractivity contribution in [2.75, 3.05) is 0 Å². The van der Waals surface area contributed by atoms with Gasteiger partial charge in [0.05, 0.1) is 26.7 Å². The fraction of sp³-hybridized carbons (Fsp3) is 0.353. The van der Waals surface area contributed by atoms with Crippen LogP contribution < -0.4 is 11.1 Å². The number of rotatable bonds is 6. The second kappa shape index (κ2) is 10.8. The van der Waals surface area contributed by atoms with E-state index in [0.29, 0.717) is 22.9 Å². The van der Waals surface area contributed by atoms with E-state index in [1.165, 1.54) is 23.1 Å². The van der Waals surface area contributed by atoms with Gasteiger partial charge in [-0.25, -0.2) is 19.7 Å². The van der Waals surface area contributed by atoms with Gasteiger partial charge < -0.3 is 18.9 Å². The first-order valence-corrected chi connectivity index (χ1v) is 16.5. The molecule has 0 saturated heterocycles. The predicted octanol–water partition coefficient (Wildman–Crippen LogP) is 6.11. The van der Waals surface area contributed by atoms with Crippen molar-refractivity contribution < 1.29 is 9.21 Å². The number of amides is 1. The molecule has 234 valence electrons. The largest absolute Gasteiger partial charge is 0.437 e. The number of halogens is 1. The molecular formula is C34H33BrN8O3. The smallest absolute Gasteiger partial charge is 0.388 e. The predicted molar refractivity (Wildman–Crippen MR) is 177 cm³/mol. The zero-order chi connectivity index (χ0) is 31.7. The molecule has 0 radical (unpaired) electrons. The van der Waals surface area contributed by atoms with Gasteiger partial charge >= 0.3 is 5.76 Å². The van der Waals surface area contributed by atoms with Crippen LogP contribution in [0.15, 0.2) is 62.5 Å². The molecule has 2 aliphatic carbocycles. The highest BCUT2D eigenvalue weighted by molar-refractivity contribution is 9.10. The summed E-state index contributed by atoms with van der Waals surface area (Å²) in [5.41, 5.74) is 5.67. The highest BCUT2D eigenvalue weighted by Crippen LogP contribution is 2.45. The molecule has 46 heavy (non-hydrogen) atoms. The maximum atomic E-state index is 14.0. The number of nitrogens with zero attached hydrogens (tertiary/aromatic N) is 7. The minimum absolute atomic E-state index is 0.130. The summed E-state index contributed by atoms with van der Waals surface area (Å²) in [6.07, 6.45) is 10.9. The van der Waals surface area contributed by atoms with Crippen LogP contribution in [0.1, 0.15) is 72.6 Å². The SMILES string of the molecule is Cn1nc(-c2ccc3nc(C4(NC(=O)c5ccc6c(C7CCCC7)c(-c7ncc(Br)cn7)n(C)c6c5)CCC4)n(C)c3c2)oc1=O. The van der Waals surface area contributed by atoms with Crippen molar-refractivity contribution in [3.8, 4) is 23.0 Å². The van der Waals surface area contributed by atoms with Crippen molar-refractivity contribution in [3.63, 3.8) is 0 Å². The van der Waals surface area contributed by atoms with Crippen LogP contribution in [-0.2, 0) is 26.7 Å². The van der Waals surface area contributed by atoms with Crippen molar-refractivity contribution in [1.82, 2.24) is 39.2 Å². The number of nitrogens with one attached hydrogen (secondary N) is 1. The highest BCUT2D eigenvalue weighted by atomic mass is 79.9. The Morgan fingerprint density at radius 2 is 1.74 bits per heavy atom. The second-order valence-corrected chi connectivity index (χ2v) is 13.6. The van der Waals surface area contributed by atoms with Gasteiger partial charge in [0.1, 0.15) is 5.82 Å².